The first-order valence-electron chi connectivity index (χ1n) is 4.75. The first-order valence-corrected chi connectivity index (χ1v) is 4.75. The second kappa shape index (κ2) is 5.47. The highest BCUT2D eigenvalue weighted by Gasteiger charge is 2.04. The summed E-state index contributed by atoms with van der Waals surface area (Å²) in [7, 11) is 0. The lowest BCUT2D eigenvalue weighted by Crippen LogP contribution is -2.10. The average molecular weight is 230 g/mol. The molecule has 0 unspecified atom stereocenters. The summed E-state index contributed by atoms with van der Waals surface area (Å²) in [5.41, 5.74) is 0.809. The van der Waals surface area contributed by atoms with E-state index in [-0.39, 0.29) is 5.57 Å². The van der Waals surface area contributed by atoms with Gasteiger partial charge in [0.1, 0.15) is 0 Å². The van der Waals surface area contributed by atoms with E-state index in [4.69, 9.17) is 10.4 Å². The molecule has 1 amide bonds. The van der Waals surface area contributed by atoms with Crippen LogP contribution in [0.1, 0.15) is 12.5 Å². The Balaban J connectivity index is 2.79. The van der Waals surface area contributed by atoms with E-state index in [0.717, 1.165) is 6.08 Å². The highest BCUT2D eigenvalue weighted by atomic mass is 16.4. The van der Waals surface area contributed by atoms with E-state index in [1.54, 1.807) is 18.2 Å². The fraction of sp³-hybridized carbons (Fsp3) is 0.0833. The van der Waals surface area contributed by atoms with Crippen LogP contribution in [0.5, 0.6) is 0 Å². The predicted molar refractivity (Wildman–Crippen MR) is 61.2 cm³/mol. The molecular formula is C12H10N2O3. The molecule has 0 spiro atoms. The smallest absolute Gasteiger partial charge is 0.331 e. The van der Waals surface area contributed by atoms with Crippen LogP contribution in [0, 0.1) is 11.3 Å². The lowest BCUT2D eigenvalue weighted by Gasteiger charge is -2.02. The third-order valence-corrected chi connectivity index (χ3v) is 1.94. The van der Waals surface area contributed by atoms with Crippen molar-refractivity contribution in [2.24, 2.45) is 0 Å². The van der Waals surface area contributed by atoms with E-state index in [1.807, 2.05) is 6.07 Å². The molecule has 0 aliphatic heterocycles. The standard InChI is InChI=1S/C12H10N2O3/c1-8(12(16)17)5-11(15)14-10-4-2-3-9(6-10)7-13/h2-6H,1H3,(H,14,15)(H,16,17)/b8-5+. The summed E-state index contributed by atoms with van der Waals surface area (Å²) in [4.78, 5) is 21.9. The predicted octanol–water partition coefficient (Wildman–Crippen LogP) is 1.53. The van der Waals surface area contributed by atoms with Crippen LogP contribution in [-0.4, -0.2) is 17.0 Å². The van der Waals surface area contributed by atoms with Crippen molar-refractivity contribution in [1.29, 1.82) is 5.26 Å². The van der Waals surface area contributed by atoms with Crippen molar-refractivity contribution in [2.75, 3.05) is 5.32 Å². The summed E-state index contributed by atoms with van der Waals surface area (Å²) in [6, 6.07) is 8.29. The topological polar surface area (TPSA) is 90.2 Å². The number of aliphatic carboxylic acids is 1. The Morgan fingerprint density at radius 2 is 2.18 bits per heavy atom. The number of hydrogen-bond donors (Lipinski definition) is 2. The van der Waals surface area contributed by atoms with Crippen molar-refractivity contribution in [3.8, 4) is 6.07 Å². The van der Waals surface area contributed by atoms with Crippen molar-refractivity contribution < 1.29 is 14.7 Å². The molecule has 0 saturated heterocycles. The Kier molecular flexibility index (Phi) is 4.01. The van der Waals surface area contributed by atoms with Gasteiger partial charge in [-0.15, -0.1) is 0 Å². The highest BCUT2D eigenvalue weighted by molar-refractivity contribution is 6.04. The average Bonchev–Trinajstić information content (AvgIpc) is 2.28. The minimum absolute atomic E-state index is 0.0565. The first kappa shape index (κ1) is 12.5. The molecule has 0 fully saturated rings. The summed E-state index contributed by atoms with van der Waals surface area (Å²) in [5, 5.41) is 19.7. The number of nitrogens with one attached hydrogen (secondary N) is 1. The lowest BCUT2D eigenvalue weighted by molar-refractivity contribution is -0.132. The van der Waals surface area contributed by atoms with Crippen molar-refractivity contribution in [3.05, 3.63) is 41.5 Å². The normalized spacial score (nSPS) is 10.5. The van der Waals surface area contributed by atoms with Crippen LogP contribution >= 0.6 is 0 Å². The van der Waals surface area contributed by atoms with Crippen LogP contribution in [0.25, 0.3) is 0 Å². The maximum atomic E-state index is 11.4. The maximum Gasteiger partial charge on any atom is 0.331 e. The number of hydrogen-bond acceptors (Lipinski definition) is 3. The summed E-state index contributed by atoms with van der Waals surface area (Å²) < 4.78 is 0. The van der Waals surface area contributed by atoms with Gasteiger partial charge >= 0.3 is 5.97 Å². The SMILES string of the molecule is C/C(=C\C(=O)Nc1cccc(C#N)c1)C(=O)O. The van der Waals surface area contributed by atoms with Gasteiger partial charge in [0.15, 0.2) is 0 Å². The maximum absolute atomic E-state index is 11.4. The molecule has 86 valence electrons. The van der Waals surface area contributed by atoms with Gasteiger partial charge in [-0.25, -0.2) is 4.79 Å². The van der Waals surface area contributed by atoms with Crippen molar-refractivity contribution in [3.63, 3.8) is 0 Å². The second-order valence-electron chi connectivity index (χ2n) is 3.31. The number of nitriles is 1. The Morgan fingerprint density at radius 1 is 1.47 bits per heavy atom. The van der Waals surface area contributed by atoms with Crippen molar-refractivity contribution in [1.82, 2.24) is 0 Å². The summed E-state index contributed by atoms with van der Waals surface area (Å²) in [6.07, 6.45) is 0.987. The number of anilines is 1. The summed E-state index contributed by atoms with van der Waals surface area (Å²) >= 11 is 0. The zero-order valence-corrected chi connectivity index (χ0v) is 9.10. The summed E-state index contributed by atoms with van der Waals surface area (Å²) in [6.45, 7) is 1.33. The van der Waals surface area contributed by atoms with Gasteiger partial charge in [0.25, 0.3) is 0 Å². The molecule has 1 aromatic rings. The van der Waals surface area contributed by atoms with Crippen LogP contribution < -0.4 is 5.32 Å². The van der Waals surface area contributed by atoms with Gasteiger partial charge in [-0.2, -0.15) is 5.26 Å². The molecule has 0 aliphatic carbocycles. The second-order valence-corrected chi connectivity index (χ2v) is 3.31. The summed E-state index contributed by atoms with van der Waals surface area (Å²) in [5.74, 6) is -1.69. The molecule has 5 heteroatoms. The van der Waals surface area contributed by atoms with E-state index in [1.165, 1.54) is 13.0 Å². The van der Waals surface area contributed by atoms with Crippen LogP contribution in [0.3, 0.4) is 0 Å². The third-order valence-electron chi connectivity index (χ3n) is 1.94. The minimum Gasteiger partial charge on any atom is -0.478 e. The Bertz CT molecular complexity index is 527. The lowest BCUT2D eigenvalue weighted by atomic mass is 10.2. The monoisotopic (exact) mass is 230 g/mol. The van der Waals surface area contributed by atoms with Crippen LogP contribution in [0.15, 0.2) is 35.9 Å². The first-order chi connectivity index (χ1) is 8.02. The molecule has 5 nitrogen and oxygen atoms in total. The minimum atomic E-state index is -1.15. The number of rotatable bonds is 3. The molecule has 0 radical (unpaired) electrons. The Labute approximate surface area is 98.0 Å². The van der Waals surface area contributed by atoms with Gasteiger partial charge in [0.05, 0.1) is 11.6 Å². The van der Waals surface area contributed by atoms with Crippen LogP contribution in [0.4, 0.5) is 5.69 Å². The van der Waals surface area contributed by atoms with Gasteiger partial charge in [0.2, 0.25) is 5.91 Å². The van der Waals surface area contributed by atoms with Gasteiger partial charge < -0.3 is 10.4 Å². The van der Waals surface area contributed by atoms with Gasteiger partial charge in [-0.3, -0.25) is 4.79 Å². The van der Waals surface area contributed by atoms with Gasteiger partial charge in [-0.1, -0.05) is 6.07 Å². The Hall–Kier alpha value is -2.61. The molecule has 0 bridgehead atoms. The van der Waals surface area contributed by atoms with Crippen LogP contribution in [-0.2, 0) is 9.59 Å². The number of carboxylic acid groups (broad SMARTS) is 1. The molecule has 0 saturated carbocycles. The molecule has 0 aromatic heterocycles. The number of nitrogens with zero attached hydrogens (tertiary/aromatic N) is 1. The molecule has 17 heavy (non-hydrogen) atoms. The van der Waals surface area contributed by atoms with E-state index in [9.17, 15) is 9.59 Å². The largest absolute Gasteiger partial charge is 0.478 e. The van der Waals surface area contributed by atoms with Gasteiger partial charge in [0, 0.05) is 17.3 Å². The zero-order valence-electron chi connectivity index (χ0n) is 9.10. The molecule has 1 aromatic carbocycles. The number of carboxylic acids is 1. The fourth-order valence-corrected chi connectivity index (χ4v) is 1.10. The van der Waals surface area contributed by atoms with Crippen LogP contribution in [0.2, 0.25) is 0 Å². The molecule has 0 heterocycles. The molecule has 0 atom stereocenters. The highest BCUT2D eigenvalue weighted by Crippen LogP contribution is 2.09. The molecule has 2 N–H and O–H groups in total. The van der Waals surface area contributed by atoms with Crippen molar-refractivity contribution in [2.45, 2.75) is 6.92 Å². The molecule has 0 aliphatic rings. The zero-order chi connectivity index (χ0) is 12.8. The third kappa shape index (κ3) is 3.80. The Morgan fingerprint density at radius 3 is 2.76 bits per heavy atom. The quantitative estimate of drug-likeness (QED) is 0.770. The molecule has 1 rings (SSSR count). The fourth-order valence-electron chi connectivity index (χ4n) is 1.10. The van der Waals surface area contributed by atoms with Crippen molar-refractivity contribution >= 4 is 17.6 Å². The number of amides is 1. The number of carbonyl (C=O) groups is 2. The number of carbonyl (C=O) groups excluding carboxylic acids is 1. The number of benzene rings is 1. The van der Waals surface area contributed by atoms with E-state index < -0.39 is 11.9 Å². The van der Waals surface area contributed by atoms with E-state index in [2.05, 4.69) is 5.32 Å². The van der Waals surface area contributed by atoms with E-state index in [0.29, 0.717) is 11.3 Å². The van der Waals surface area contributed by atoms with E-state index >= 15 is 0 Å². The van der Waals surface area contributed by atoms with Gasteiger partial charge in [-0.05, 0) is 25.1 Å². The molecular weight excluding hydrogens is 220 g/mol.